The molecule has 1 aromatic carbocycles. The van der Waals surface area contributed by atoms with Crippen LogP contribution in [0.15, 0.2) is 30.3 Å². The van der Waals surface area contributed by atoms with Crippen molar-refractivity contribution < 1.29 is 0 Å². The van der Waals surface area contributed by atoms with Gasteiger partial charge in [0, 0.05) is 0 Å². The Morgan fingerprint density at radius 2 is 1.42 bits per heavy atom. The van der Waals surface area contributed by atoms with Gasteiger partial charge in [-0.25, -0.2) is 0 Å². The van der Waals surface area contributed by atoms with Crippen LogP contribution in [0.2, 0.25) is 0 Å². The maximum atomic E-state index is 2.37. The van der Waals surface area contributed by atoms with Gasteiger partial charge in [0.25, 0.3) is 0 Å². The predicted octanol–water partition coefficient (Wildman–Crippen LogP) is 7.60. The molecule has 0 spiro atoms. The molecule has 0 nitrogen and oxygen atoms in total. The first-order valence-electron chi connectivity index (χ1n) is 10.5. The molecule has 0 bridgehead atoms. The smallest absolute Gasteiger partial charge is 0.0162 e. The maximum absolute atomic E-state index is 2.37. The highest BCUT2D eigenvalue weighted by Crippen LogP contribution is 2.44. The minimum atomic E-state index is 0.817. The molecule has 0 saturated heterocycles. The lowest BCUT2D eigenvalue weighted by Gasteiger charge is -2.38. The monoisotopic (exact) mass is 324 g/mol. The molecule has 0 radical (unpaired) electrons. The van der Waals surface area contributed by atoms with E-state index in [-0.39, 0.29) is 0 Å². The van der Waals surface area contributed by atoms with Crippen molar-refractivity contribution in [2.75, 3.05) is 0 Å². The van der Waals surface area contributed by atoms with E-state index < -0.39 is 0 Å². The molecule has 0 unspecified atom stereocenters. The fourth-order valence-electron chi connectivity index (χ4n) is 5.35. The van der Waals surface area contributed by atoms with Gasteiger partial charge in [-0.15, -0.1) is 0 Å². The second-order valence-corrected chi connectivity index (χ2v) is 8.35. The fraction of sp³-hybridized carbons (Fsp3) is 0.667. The van der Waals surface area contributed by atoms with E-state index in [9.17, 15) is 0 Å². The third-order valence-corrected chi connectivity index (χ3v) is 6.79. The van der Waals surface area contributed by atoms with Gasteiger partial charge in [0.15, 0.2) is 0 Å². The first kappa shape index (κ1) is 17.8. The van der Waals surface area contributed by atoms with Gasteiger partial charge >= 0.3 is 0 Å². The molecule has 0 aliphatic heterocycles. The second kappa shape index (κ2) is 8.88. The molecule has 0 heteroatoms. The zero-order valence-corrected chi connectivity index (χ0v) is 15.8. The van der Waals surface area contributed by atoms with Gasteiger partial charge in [0.2, 0.25) is 0 Å². The minimum Gasteiger partial charge on any atom is -0.0871 e. The van der Waals surface area contributed by atoms with E-state index in [0.717, 1.165) is 23.7 Å². The zero-order valence-electron chi connectivity index (χ0n) is 15.8. The Morgan fingerprint density at radius 3 is 1.96 bits per heavy atom. The summed E-state index contributed by atoms with van der Waals surface area (Å²) in [5, 5.41) is 0. The maximum Gasteiger partial charge on any atom is -0.0162 e. The molecule has 2 saturated carbocycles. The molecule has 0 amide bonds. The van der Waals surface area contributed by atoms with E-state index in [0.29, 0.717) is 0 Å². The number of allylic oxidation sites excluding steroid dienone is 1. The highest BCUT2D eigenvalue weighted by Gasteiger charge is 2.30. The highest BCUT2D eigenvalue weighted by atomic mass is 14.4. The first-order chi connectivity index (χ1) is 11.8. The Labute approximate surface area is 149 Å². The van der Waals surface area contributed by atoms with Crippen LogP contribution < -0.4 is 0 Å². The van der Waals surface area contributed by atoms with E-state index in [1.54, 1.807) is 5.56 Å². The van der Waals surface area contributed by atoms with Crippen LogP contribution in [0.1, 0.15) is 95.1 Å². The quantitative estimate of drug-likeness (QED) is 0.523. The number of benzene rings is 1. The number of hydrogen-bond donors (Lipinski definition) is 0. The van der Waals surface area contributed by atoms with Crippen LogP contribution in [0, 0.1) is 17.8 Å². The third kappa shape index (κ3) is 4.52. The molecule has 24 heavy (non-hydrogen) atoms. The third-order valence-electron chi connectivity index (χ3n) is 6.79. The lowest BCUT2D eigenvalue weighted by molar-refractivity contribution is 0.156. The minimum absolute atomic E-state index is 0.817. The summed E-state index contributed by atoms with van der Waals surface area (Å²) in [6, 6.07) is 9.32. The SMILES string of the molecule is CC=Cc1ccc([C@H]2CC[C@H]([C@H]3CC[C@H](CCC)CC3)CC2)cc1. The summed E-state index contributed by atoms with van der Waals surface area (Å²) in [4.78, 5) is 0. The average molecular weight is 325 g/mol. The molecular formula is C24H36. The largest absolute Gasteiger partial charge is 0.0871 e. The normalized spacial score (nSPS) is 31.4. The van der Waals surface area contributed by atoms with E-state index >= 15 is 0 Å². The van der Waals surface area contributed by atoms with Crippen LogP contribution in [0.4, 0.5) is 0 Å². The van der Waals surface area contributed by atoms with Gasteiger partial charge in [0.05, 0.1) is 0 Å². The summed E-state index contributed by atoms with van der Waals surface area (Å²) < 4.78 is 0. The lowest BCUT2D eigenvalue weighted by atomic mass is 9.68. The summed E-state index contributed by atoms with van der Waals surface area (Å²) in [7, 11) is 0. The molecule has 1 aromatic rings. The second-order valence-electron chi connectivity index (χ2n) is 8.35. The van der Waals surface area contributed by atoms with Crippen molar-refractivity contribution in [2.45, 2.75) is 84.0 Å². The predicted molar refractivity (Wildman–Crippen MR) is 106 cm³/mol. The van der Waals surface area contributed by atoms with Crippen LogP contribution in [-0.4, -0.2) is 0 Å². The summed E-state index contributed by atoms with van der Waals surface area (Å²) in [5.74, 6) is 3.96. The van der Waals surface area contributed by atoms with Crippen molar-refractivity contribution in [2.24, 2.45) is 17.8 Å². The molecular weight excluding hydrogens is 288 g/mol. The highest BCUT2D eigenvalue weighted by molar-refractivity contribution is 5.49. The van der Waals surface area contributed by atoms with E-state index in [1.165, 1.54) is 69.8 Å². The van der Waals surface area contributed by atoms with E-state index in [1.807, 2.05) is 0 Å². The van der Waals surface area contributed by atoms with Gasteiger partial charge in [-0.1, -0.05) is 69.0 Å². The van der Waals surface area contributed by atoms with E-state index in [2.05, 4.69) is 50.3 Å². The van der Waals surface area contributed by atoms with Crippen LogP contribution >= 0.6 is 0 Å². The van der Waals surface area contributed by atoms with Crippen molar-refractivity contribution in [3.8, 4) is 0 Å². The summed E-state index contributed by atoms with van der Waals surface area (Å²) >= 11 is 0. The fourth-order valence-corrected chi connectivity index (χ4v) is 5.35. The average Bonchev–Trinajstić information content (AvgIpc) is 2.64. The molecule has 2 aliphatic rings. The molecule has 0 atom stereocenters. The summed E-state index contributed by atoms with van der Waals surface area (Å²) in [5.41, 5.74) is 2.91. The van der Waals surface area contributed by atoms with Gasteiger partial charge in [-0.05, 0) is 80.2 Å². The van der Waals surface area contributed by atoms with E-state index in [4.69, 9.17) is 0 Å². The van der Waals surface area contributed by atoms with Crippen molar-refractivity contribution in [3.63, 3.8) is 0 Å². The zero-order chi connectivity index (χ0) is 16.8. The van der Waals surface area contributed by atoms with Gasteiger partial charge in [-0.2, -0.15) is 0 Å². The van der Waals surface area contributed by atoms with Crippen molar-refractivity contribution in [3.05, 3.63) is 41.5 Å². The standard InChI is InChI=1S/C24H36/c1-3-5-19-7-11-21(12-8-19)23-15-17-24(18-16-23)22-13-9-20(6-4-2)10-14-22/h3,5,7-8,11-12,20,22-24H,4,6,9-10,13-18H2,1-2H3/t20-,22-,23-,24-. The Hall–Kier alpha value is -1.04. The van der Waals surface area contributed by atoms with Crippen LogP contribution in [0.25, 0.3) is 6.08 Å². The van der Waals surface area contributed by atoms with Crippen LogP contribution in [0.5, 0.6) is 0 Å². The Morgan fingerprint density at radius 1 is 0.833 bits per heavy atom. The summed E-state index contributed by atoms with van der Waals surface area (Å²) in [6.45, 7) is 4.43. The van der Waals surface area contributed by atoms with Crippen molar-refractivity contribution >= 4 is 6.08 Å². The Balaban J connectivity index is 1.47. The Kier molecular flexibility index (Phi) is 6.58. The molecule has 132 valence electrons. The lowest BCUT2D eigenvalue weighted by Crippen LogP contribution is -2.25. The summed E-state index contributed by atoms with van der Waals surface area (Å²) in [6.07, 6.45) is 19.0. The first-order valence-corrected chi connectivity index (χ1v) is 10.5. The Bertz CT molecular complexity index is 493. The number of rotatable bonds is 5. The topological polar surface area (TPSA) is 0 Å². The van der Waals surface area contributed by atoms with Crippen molar-refractivity contribution in [1.29, 1.82) is 0 Å². The van der Waals surface area contributed by atoms with Gasteiger partial charge < -0.3 is 0 Å². The molecule has 0 N–H and O–H groups in total. The van der Waals surface area contributed by atoms with Crippen LogP contribution in [-0.2, 0) is 0 Å². The molecule has 0 heterocycles. The van der Waals surface area contributed by atoms with Crippen molar-refractivity contribution in [1.82, 2.24) is 0 Å². The molecule has 3 rings (SSSR count). The molecule has 2 aliphatic carbocycles. The van der Waals surface area contributed by atoms with Gasteiger partial charge in [0.1, 0.15) is 0 Å². The molecule has 2 fully saturated rings. The van der Waals surface area contributed by atoms with Crippen LogP contribution in [0.3, 0.4) is 0 Å². The molecule has 0 aromatic heterocycles. The number of hydrogen-bond acceptors (Lipinski definition) is 0. The van der Waals surface area contributed by atoms with Gasteiger partial charge in [-0.3, -0.25) is 0 Å².